The molecule has 1 atom stereocenters. The van der Waals surface area contributed by atoms with Gasteiger partial charge in [-0.05, 0) is 24.3 Å². The normalized spacial score (nSPS) is 11.7. The maximum atomic E-state index is 10.5. The second-order valence-corrected chi connectivity index (χ2v) is 3.91. The van der Waals surface area contributed by atoms with Gasteiger partial charge in [0.25, 0.3) is 5.88 Å². The maximum absolute atomic E-state index is 10.5. The van der Waals surface area contributed by atoms with Crippen LogP contribution < -0.4 is 15.8 Å². The van der Waals surface area contributed by atoms with E-state index in [1.165, 1.54) is 0 Å². The summed E-state index contributed by atoms with van der Waals surface area (Å²) in [5, 5.41) is 7.59. The zero-order chi connectivity index (χ0) is 13.7. The van der Waals surface area contributed by atoms with Crippen LogP contribution in [0.25, 0.3) is 11.0 Å². The van der Waals surface area contributed by atoms with Crippen molar-refractivity contribution in [2.24, 2.45) is 5.73 Å². The molecule has 0 aliphatic rings. The molecule has 8 heteroatoms. The molecule has 110 valence electrons. The second kappa shape index (κ2) is 7.56. The number of benzene rings is 1. The van der Waals surface area contributed by atoms with E-state index in [1.807, 2.05) is 18.2 Å². The van der Waals surface area contributed by atoms with E-state index in [9.17, 15) is 4.79 Å². The third kappa shape index (κ3) is 4.01. The number of hydrogen-bond donors (Lipinski definition) is 2. The van der Waals surface area contributed by atoms with Gasteiger partial charge < -0.3 is 25.0 Å². The smallest absolute Gasteiger partial charge is 0.404 e. The first-order valence-corrected chi connectivity index (χ1v) is 5.77. The Morgan fingerprint density at radius 1 is 1.45 bits per heavy atom. The summed E-state index contributed by atoms with van der Waals surface area (Å²) in [4.78, 5) is 10.5. The van der Waals surface area contributed by atoms with Gasteiger partial charge in [-0.2, -0.15) is 0 Å². The number of carbonyl (C=O) groups is 1. The second-order valence-electron chi connectivity index (χ2n) is 3.91. The topological polar surface area (TPSA) is 99.6 Å². The van der Waals surface area contributed by atoms with Crippen molar-refractivity contribution in [1.82, 2.24) is 10.5 Å². The molecule has 1 unspecified atom stereocenters. The molecule has 3 N–H and O–H groups in total. The number of likely N-dealkylation sites (N-methyl/N-ethyl adjacent to an activating group) is 1. The number of primary amides is 1. The van der Waals surface area contributed by atoms with E-state index in [0.717, 1.165) is 5.39 Å². The lowest BCUT2D eigenvalue weighted by molar-refractivity contribution is 0.129. The van der Waals surface area contributed by atoms with Gasteiger partial charge in [-0.1, -0.05) is 12.1 Å². The number of nitrogens with two attached hydrogens (primary N) is 1. The van der Waals surface area contributed by atoms with Crippen molar-refractivity contribution in [2.45, 2.75) is 6.04 Å². The Hall–Kier alpha value is -1.99. The molecule has 0 saturated carbocycles. The van der Waals surface area contributed by atoms with Gasteiger partial charge in [-0.25, -0.2) is 4.79 Å². The Bertz CT molecular complexity index is 560. The van der Waals surface area contributed by atoms with Gasteiger partial charge in [0.05, 0.1) is 11.4 Å². The number of para-hydroxylation sites is 1. The van der Waals surface area contributed by atoms with Crippen LogP contribution >= 0.6 is 12.4 Å². The highest BCUT2D eigenvalue weighted by Gasteiger charge is 2.13. The van der Waals surface area contributed by atoms with Crippen molar-refractivity contribution in [1.29, 1.82) is 0 Å². The number of fused-ring (bicyclic) bond motifs is 1. The summed E-state index contributed by atoms with van der Waals surface area (Å²) < 4.78 is 15.4. The molecule has 0 spiro atoms. The fourth-order valence-corrected chi connectivity index (χ4v) is 1.54. The van der Waals surface area contributed by atoms with Gasteiger partial charge in [-0.15, -0.1) is 12.4 Å². The molecule has 0 radical (unpaired) electrons. The highest BCUT2D eigenvalue weighted by atomic mass is 35.5. The van der Waals surface area contributed by atoms with Crippen molar-refractivity contribution in [3.05, 3.63) is 24.3 Å². The summed E-state index contributed by atoms with van der Waals surface area (Å²) in [6, 6.07) is 7.21. The summed E-state index contributed by atoms with van der Waals surface area (Å²) in [7, 11) is 1.74. The summed E-state index contributed by atoms with van der Waals surface area (Å²) in [5.41, 5.74) is 5.56. The van der Waals surface area contributed by atoms with Crippen molar-refractivity contribution in [3.8, 4) is 5.88 Å². The number of carbonyl (C=O) groups excluding carboxylic acids is 1. The summed E-state index contributed by atoms with van der Waals surface area (Å²) >= 11 is 0. The first kappa shape index (κ1) is 16.1. The molecule has 0 aliphatic carbocycles. The number of amides is 1. The number of halogens is 1. The van der Waals surface area contributed by atoms with E-state index < -0.39 is 6.09 Å². The first-order valence-electron chi connectivity index (χ1n) is 5.77. The standard InChI is InChI=1S/C12H15N3O4.ClH/c1-14-8(7-18-12(13)16)6-17-11-9-4-2-3-5-10(9)19-15-11;/h2-5,8,14H,6-7H2,1H3,(H2,13,16);1H. The van der Waals surface area contributed by atoms with E-state index in [0.29, 0.717) is 11.5 Å². The number of ether oxygens (including phenoxy) is 2. The summed E-state index contributed by atoms with van der Waals surface area (Å²) in [6.45, 7) is 0.405. The van der Waals surface area contributed by atoms with Crippen molar-refractivity contribution < 1.29 is 18.8 Å². The van der Waals surface area contributed by atoms with E-state index in [-0.39, 0.29) is 31.7 Å². The van der Waals surface area contributed by atoms with E-state index in [4.69, 9.17) is 19.7 Å². The zero-order valence-electron chi connectivity index (χ0n) is 10.9. The zero-order valence-corrected chi connectivity index (χ0v) is 11.7. The molecule has 1 heterocycles. The number of aromatic nitrogens is 1. The van der Waals surface area contributed by atoms with E-state index in [2.05, 4.69) is 10.5 Å². The SMILES string of the molecule is CNC(COC(N)=O)COc1noc2ccccc12.Cl. The Balaban J connectivity index is 0.00000200. The Morgan fingerprint density at radius 3 is 2.90 bits per heavy atom. The lowest BCUT2D eigenvalue weighted by Crippen LogP contribution is -2.37. The number of rotatable bonds is 6. The average Bonchev–Trinajstić information content (AvgIpc) is 2.82. The molecule has 2 aromatic rings. The first-order chi connectivity index (χ1) is 9.20. The van der Waals surface area contributed by atoms with Gasteiger partial charge in [0.1, 0.15) is 13.2 Å². The maximum Gasteiger partial charge on any atom is 0.404 e. The van der Waals surface area contributed by atoms with Crippen molar-refractivity contribution in [3.63, 3.8) is 0 Å². The molecule has 0 aliphatic heterocycles. The summed E-state index contributed by atoms with van der Waals surface area (Å²) in [5.74, 6) is 0.412. The Kier molecular flexibility index (Phi) is 6.08. The minimum Gasteiger partial charge on any atom is -0.473 e. The predicted molar refractivity (Wildman–Crippen MR) is 75.1 cm³/mol. The molecule has 7 nitrogen and oxygen atoms in total. The van der Waals surface area contributed by atoms with Crippen molar-refractivity contribution >= 4 is 29.5 Å². The molecular weight excluding hydrogens is 286 g/mol. The van der Waals surface area contributed by atoms with Crippen LogP contribution in [0.15, 0.2) is 28.8 Å². The lowest BCUT2D eigenvalue weighted by atomic mass is 10.2. The molecule has 0 saturated heterocycles. The van der Waals surface area contributed by atoms with Gasteiger partial charge >= 0.3 is 6.09 Å². The lowest BCUT2D eigenvalue weighted by Gasteiger charge is -2.15. The van der Waals surface area contributed by atoms with Crippen LogP contribution in [0.1, 0.15) is 0 Å². The highest BCUT2D eigenvalue weighted by Crippen LogP contribution is 2.24. The minimum absolute atomic E-state index is 0. The number of nitrogens with one attached hydrogen (secondary N) is 1. The predicted octanol–water partition coefficient (Wildman–Crippen LogP) is 1.31. The summed E-state index contributed by atoms with van der Waals surface area (Å²) in [6.07, 6.45) is -0.813. The number of nitrogens with zero attached hydrogens (tertiary/aromatic N) is 1. The van der Waals surface area contributed by atoms with Crippen molar-refractivity contribution in [2.75, 3.05) is 20.3 Å². The van der Waals surface area contributed by atoms with Crippen LogP contribution in [0.2, 0.25) is 0 Å². The highest BCUT2D eigenvalue weighted by molar-refractivity contribution is 5.85. The molecule has 1 aromatic carbocycles. The van der Waals surface area contributed by atoms with Gasteiger partial charge in [0.15, 0.2) is 5.58 Å². The van der Waals surface area contributed by atoms with E-state index in [1.54, 1.807) is 13.1 Å². The van der Waals surface area contributed by atoms with E-state index >= 15 is 0 Å². The van der Waals surface area contributed by atoms with Gasteiger partial charge in [0.2, 0.25) is 0 Å². The van der Waals surface area contributed by atoms with Crippen LogP contribution in [0.3, 0.4) is 0 Å². The van der Waals surface area contributed by atoms with Crippen LogP contribution in [0.5, 0.6) is 5.88 Å². The van der Waals surface area contributed by atoms with Crippen LogP contribution in [-0.2, 0) is 4.74 Å². The van der Waals surface area contributed by atoms with Crippen LogP contribution in [0.4, 0.5) is 4.79 Å². The molecule has 0 bridgehead atoms. The molecular formula is C12H16ClN3O4. The molecule has 1 aromatic heterocycles. The quantitative estimate of drug-likeness (QED) is 0.834. The minimum atomic E-state index is -0.813. The fourth-order valence-electron chi connectivity index (χ4n) is 1.54. The molecule has 0 fully saturated rings. The third-order valence-corrected chi connectivity index (χ3v) is 2.60. The van der Waals surface area contributed by atoms with Crippen LogP contribution in [0, 0.1) is 0 Å². The van der Waals surface area contributed by atoms with Crippen LogP contribution in [-0.4, -0.2) is 37.6 Å². The van der Waals surface area contributed by atoms with Gasteiger partial charge in [0, 0.05) is 0 Å². The molecule has 1 amide bonds. The molecule has 20 heavy (non-hydrogen) atoms. The monoisotopic (exact) mass is 301 g/mol. The third-order valence-electron chi connectivity index (χ3n) is 2.60. The largest absolute Gasteiger partial charge is 0.473 e. The fraction of sp³-hybridized carbons (Fsp3) is 0.333. The average molecular weight is 302 g/mol. The van der Waals surface area contributed by atoms with Gasteiger partial charge in [-0.3, -0.25) is 0 Å². The Morgan fingerprint density at radius 2 is 2.20 bits per heavy atom. The molecule has 2 rings (SSSR count). The Labute approximate surface area is 121 Å². The number of hydrogen-bond acceptors (Lipinski definition) is 6.